The Morgan fingerprint density at radius 3 is 2.71 bits per heavy atom. The van der Waals surface area contributed by atoms with Gasteiger partial charge in [0.05, 0.1) is 33.5 Å². The van der Waals surface area contributed by atoms with Crippen molar-refractivity contribution in [1.29, 1.82) is 0 Å². The Morgan fingerprint density at radius 1 is 1.29 bits per heavy atom. The minimum absolute atomic E-state index is 0.0408. The van der Waals surface area contributed by atoms with Crippen molar-refractivity contribution < 1.29 is 14.5 Å². The zero-order chi connectivity index (χ0) is 20.4. The van der Waals surface area contributed by atoms with E-state index in [-0.39, 0.29) is 33.0 Å². The topological polar surface area (TPSA) is 115 Å². The fourth-order valence-corrected chi connectivity index (χ4v) is 2.84. The summed E-state index contributed by atoms with van der Waals surface area (Å²) >= 11 is 6.28. The standard InChI is InChI=1S/C19H14ClN3O5/c1-10-3-4-11(8-16(10)23(26)27)7-14(20)17-21-15-9-12(19(25)28-2)5-6-13(15)18(24)22-17/h3-9H,1-2H3,(H,21,22,24)/b14-7-. The van der Waals surface area contributed by atoms with E-state index in [1.165, 1.54) is 37.5 Å². The Balaban J connectivity index is 2.08. The molecule has 9 heteroatoms. The zero-order valence-electron chi connectivity index (χ0n) is 14.9. The van der Waals surface area contributed by atoms with Gasteiger partial charge in [0.2, 0.25) is 0 Å². The van der Waals surface area contributed by atoms with Crippen molar-refractivity contribution in [3.63, 3.8) is 0 Å². The highest BCUT2D eigenvalue weighted by Gasteiger charge is 2.13. The second kappa shape index (κ2) is 7.61. The van der Waals surface area contributed by atoms with Gasteiger partial charge in [0.15, 0.2) is 5.82 Å². The molecule has 0 radical (unpaired) electrons. The van der Waals surface area contributed by atoms with Crippen LogP contribution in [0, 0.1) is 17.0 Å². The zero-order valence-corrected chi connectivity index (χ0v) is 15.6. The summed E-state index contributed by atoms with van der Waals surface area (Å²) in [6.07, 6.45) is 1.46. The Kier molecular flexibility index (Phi) is 5.23. The largest absolute Gasteiger partial charge is 0.465 e. The van der Waals surface area contributed by atoms with Gasteiger partial charge >= 0.3 is 5.97 Å². The molecule has 1 heterocycles. The lowest BCUT2D eigenvalue weighted by Gasteiger charge is -2.05. The molecule has 142 valence electrons. The number of nitro groups is 1. The Labute approximate surface area is 163 Å². The lowest BCUT2D eigenvalue weighted by molar-refractivity contribution is -0.385. The van der Waals surface area contributed by atoms with Crippen molar-refractivity contribution in [2.24, 2.45) is 0 Å². The van der Waals surface area contributed by atoms with Gasteiger partial charge in [-0.05, 0) is 36.8 Å². The fraction of sp³-hybridized carbons (Fsp3) is 0.105. The Hall–Kier alpha value is -3.52. The Bertz CT molecular complexity index is 1200. The number of aryl methyl sites for hydroxylation is 1. The molecule has 0 aliphatic carbocycles. The van der Waals surface area contributed by atoms with Crippen molar-refractivity contribution in [3.8, 4) is 0 Å². The van der Waals surface area contributed by atoms with Crippen molar-refractivity contribution in [3.05, 3.63) is 79.4 Å². The van der Waals surface area contributed by atoms with E-state index in [0.29, 0.717) is 11.1 Å². The normalized spacial score (nSPS) is 11.5. The molecule has 3 aromatic rings. The molecule has 0 spiro atoms. The van der Waals surface area contributed by atoms with E-state index in [2.05, 4.69) is 14.7 Å². The van der Waals surface area contributed by atoms with E-state index < -0.39 is 16.5 Å². The van der Waals surface area contributed by atoms with Crippen LogP contribution in [0.5, 0.6) is 0 Å². The molecule has 0 unspecified atom stereocenters. The summed E-state index contributed by atoms with van der Waals surface area (Å²) in [5.74, 6) is -0.483. The van der Waals surface area contributed by atoms with Gasteiger partial charge in [-0.15, -0.1) is 0 Å². The van der Waals surface area contributed by atoms with Crippen molar-refractivity contribution in [2.45, 2.75) is 6.92 Å². The van der Waals surface area contributed by atoms with Crippen LogP contribution in [0.4, 0.5) is 5.69 Å². The molecule has 0 atom stereocenters. The number of ether oxygens (including phenoxy) is 1. The van der Waals surface area contributed by atoms with E-state index in [4.69, 9.17) is 11.6 Å². The number of carbonyl (C=O) groups is 1. The number of aromatic amines is 1. The summed E-state index contributed by atoms with van der Waals surface area (Å²) in [6.45, 7) is 1.63. The third-order valence-corrected chi connectivity index (χ3v) is 4.37. The molecular weight excluding hydrogens is 386 g/mol. The number of nitrogens with one attached hydrogen (secondary N) is 1. The monoisotopic (exact) mass is 399 g/mol. The van der Waals surface area contributed by atoms with Gasteiger partial charge in [-0.2, -0.15) is 0 Å². The number of nitrogens with zero attached hydrogens (tertiary/aromatic N) is 2. The van der Waals surface area contributed by atoms with E-state index in [1.807, 2.05) is 0 Å². The van der Waals surface area contributed by atoms with Gasteiger partial charge in [-0.1, -0.05) is 23.7 Å². The van der Waals surface area contributed by atoms with E-state index in [1.54, 1.807) is 19.1 Å². The van der Waals surface area contributed by atoms with Crippen LogP contribution < -0.4 is 5.56 Å². The van der Waals surface area contributed by atoms with E-state index in [9.17, 15) is 19.7 Å². The maximum Gasteiger partial charge on any atom is 0.337 e. The highest BCUT2D eigenvalue weighted by Crippen LogP contribution is 2.24. The average Bonchev–Trinajstić information content (AvgIpc) is 2.68. The number of esters is 1. The molecule has 1 N–H and O–H groups in total. The lowest BCUT2D eigenvalue weighted by Crippen LogP contribution is -2.11. The predicted octanol–water partition coefficient (Wildman–Crippen LogP) is 3.66. The summed E-state index contributed by atoms with van der Waals surface area (Å²) < 4.78 is 4.67. The van der Waals surface area contributed by atoms with Crippen LogP contribution in [0.25, 0.3) is 22.0 Å². The first-order chi connectivity index (χ1) is 13.3. The molecule has 0 aliphatic heterocycles. The number of H-pyrrole nitrogens is 1. The predicted molar refractivity (Wildman–Crippen MR) is 105 cm³/mol. The third kappa shape index (κ3) is 3.77. The lowest BCUT2D eigenvalue weighted by atomic mass is 10.1. The summed E-state index contributed by atoms with van der Waals surface area (Å²) in [5.41, 5.74) is 1.04. The minimum Gasteiger partial charge on any atom is -0.465 e. The fourth-order valence-electron chi connectivity index (χ4n) is 2.62. The number of hydrogen-bond donors (Lipinski definition) is 1. The van der Waals surface area contributed by atoms with Crippen molar-refractivity contribution in [2.75, 3.05) is 7.11 Å². The van der Waals surface area contributed by atoms with Gasteiger partial charge in [0.25, 0.3) is 11.2 Å². The van der Waals surface area contributed by atoms with Gasteiger partial charge in [-0.3, -0.25) is 14.9 Å². The first-order valence-electron chi connectivity index (χ1n) is 8.05. The number of hydrogen-bond acceptors (Lipinski definition) is 6. The molecule has 2 aromatic carbocycles. The molecule has 0 bridgehead atoms. The number of aromatic nitrogens is 2. The first-order valence-corrected chi connectivity index (χ1v) is 8.43. The van der Waals surface area contributed by atoms with Crippen LogP contribution in [0.2, 0.25) is 0 Å². The van der Waals surface area contributed by atoms with Crippen molar-refractivity contribution in [1.82, 2.24) is 9.97 Å². The molecule has 0 amide bonds. The van der Waals surface area contributed by atoms with E-state index in [0.717, 1.165) is 0 Å². The molecule has 0 saturated carbocycles. The molecule has 0 aliphatic rings. The smallest absolute Gasteiger partial charge is 0.337 e. The van der Waals surface area contributed by atoms with Crippen LogP contribution in [-0.2, 0) is 4.74 Å². The molecule has 28 heavy (non-hydrogen) atoms. The van der Waals surface area contributed by atoms with Gasteiger partial charge in [0.1, 0.15) is 0 Å². The first kappa shape index (κ1) is 19.2. The number of nitro benzene ring substituents is 1. The Morgan fingerprint density at radius 2 is 2.04 bits per heavy atom. The van der Waals surface area contributed by atoms with Gasteiger partial charge in [-0.25, -0.2) is 9.78 Å². The summed E-state index contributed by atoms with van der Waals surface area (Å²) in [4.78, 5) is 41.5. The quantitative estimate of drug-likeness (QED) is 0.406. The third-order valence-electron chi connectivity index (χ3n) is 4.08. The van der Waals surface area contributed by atoms with Gasteiger partial charge < -0.3 is 9.72 Å². The van der Waals surface area contributed by atoms with Crippen molar-refractivity contribution >= 4 is 45.3 Å². The van der Waals surface area contributed by atoms with E-state index >= 15 is 0 Å². The molecule has 3 rings (SSSR count). The summed E-state index contributed by atoms with van der Waals surface area (Å²) in [6, 6.07) is 9.02. The maximum atomic E-state index is 12.3. The number of carbonyl (C=O) groups excluding carboxylic acids is 1. The number of halogens is 1. The molecular formula is C19H14ClN3O5. The number of benzene rings is 2. The molecule has 0 saturated heterocycles. The van der Waals surface area contributed by atoms with Crippen LogP contribution in [-0.4, -0.2) is 28.0 Å². The summed E-state index contributed by atoms with van der Waals surface area (Å²) in [5, 5.41) is 11.5. The number of rotatable bonds is 4. The second-order valence-corrected chi connectivity index (χ2v) is 6.34. The molecule has 8 nitrogen and oxygen atoms in total. The van der Waals surface area contributed by atoms with Gasteiger partial charge in [0, 0.05) is 11.6 Å². The van der Waals surface area contributed by atoms with Crippen LogP contribution >= 0.6 is 11.6 Å². The van der Waals surface area contributed by atoms with Crippen LogP contribution in [0.15, 0.2) is 41.2 Å². The van der Waals surface area contributed by atoms with Crippen LogP contribution in [0.1, 0.15) is 27.3 Å². The number of fused-ring (bicyclic) bond motifs is 1. The highest BCUT2D eigenvalue weighted by atomic mass is 35.5. The SMILES string of the molecule is COC(=O)c1ccc2c(=O)[nH]c(/C(Cl)=C/c3ccc(C)c([N+](=O)[O-])c3)nc2c1. The molecule has 1 aromatic heterocycles. The minimum atomic E-state index is -0.556. The summed E-state index contributed by atoms with van der Waals surface area (Å²) in [7, 11) is 1.25. The second-order valence-electron chi connectivity index (χ2n) is 5.93. The van der Waals surface area contributed by atoms with Crippen LogP contribution in [0.3, 0.4) is 0 Å². The average molecular weight is 400 g/mol. The number of methoxy groups -OCH3 is 1. The molecule has 0 fully saturated rings. The highest BCUT2D eigenvalue weighted by molar-refractivity contribution is 6.50. The maximum absolute atomic E-state index is 12.3.